The van der Waals surface area contributed by atoms with Gasteiger partial charge in [0.1, 0.15) is 0 Å². The molecule has 2 aliphatic rings. The van der Waals surface area contributed by atoms with Crippen molar-refractivity contribution in [1.29, 1.82) is 0 Å². The van der Waals surface area contributed by atoms with Gasteiger partial charge in [-0.25, -0.2) is 0 Å². The Bertz CT molecular complexity index is 185. The van der Waals surface area contributed by atoms with Gasteiger partial charge in [0.05, 0.1) is 0 Å². The van der Waals surface area contributed by atoms with Crippen molar-refractivity contribution in [3.63, 3.8) is 0 Å². The molecule has 1 saturated carbocycles. The van der Waals surface area contributed by atoms with Gasteiger partial charge in [-0.15, -0.1) is 0 Å². The molecule has 14 heavy (non-hydrogen) atoms. The topological polar surface area (TPSA) is 9.23 Å². The van der Waals surface area contributed by atoms with E-state index >= 15 is 0 Å². The van der Waals surface area contributed by atoms with Crippen LogP contribution in [0.2, 0.25) is 12.6 Å². The first-order valence-electron chi connectivity index (χ1n) is 6.21. The lowest BCUT2D eigenvalue weighted by atomic mass is 9.47. The van der Waals surface area contributed by atoms with Gasteiger partial charge in [0.25, 0.3) is 6.92 Å². The third kappa shape index (κ3) is 2.76. The van der Waals surface area contributed by atoms with Gasteiger partial charge < -0.3 is 4.65 Å². The highest BCUT2D eigenvalue weighted by Crippen LogP contribution is 2.41. The van der Waals surface area contributed by atoms with E-state index in [0.717, 1.165) is 11.8 Å². The van der Waals surface area contributed by atoms with E-state index in [2.05, 4.69) is 20.8 Å². The summed E-state index contributed by atoms with van der Waals surface area (Å²) in [4.78, 5) is 0. The minimum atomic E-state index is 0.0519. The predicted octanol–water partition coefficient (Wildman–Crippen LogP) is 3.61. The van der Waals surface area contributed by atoms with Gasteiger partial charge in [0.15, 0.2) is 0 Å². The van der Waals surface area contributed by atoms with Crippen LogP contribution in [0.15, 0.2) is 0 Å². The van der Waals surface area contributed by atoms with Crippen molar-refractivity contribution in [1.82, 2.24) is 0 Å². The molecule has 0 aromatic rings. The Morgan fingerprint density at radius 2 is 1.64 bits per heavy atom. The molecule has 2 unspecified atom stereocenters. The molecule has 1 aliphatic carbocycles. The van der Waals surface area contributed by atoms with Crippen LogP contribution in [-0.4, -0.2) is 12.5 Å². The summed E-state index contributed by atoms with van der Waals surface area (Å²) in [6.07, 6.45) is 8.53. The predicted molar refractivity (Wildman–Crippen MR) is 61.7 cm³/mol. The lowest BCUT2D eigenvalue weighted by Crippen LogP contribution is -2.38. The van der Waals surface area contributed by atoms with Crippen molar-refractivity contribution in [3.05, 3.63) is 0 Å². The Balaban J connectivity index is 1.89. The Hall–Kier alpha value is 0.0249. The van der Waals surface area contributed by atoms with E-state index in [-0.39, 0.29) is 5.60 Å². The fourth-order valence-corrected chi connectivity index (χ4v) is 3.27. The number of hydrogen-bond donors (Lipinski definition) is 0. The summed E-state index contributed by atoms with van der Waals surface area (Å²) in [6.45, 7) is 7.09. The molecule has 2 rings (SSSR count). The van der Waals surface area contributed by atoms with Crippen molar-refractivity contribution in [2.45, 2.75) is 64.7 Å². The Morgan fingerprint density at radius 3 is 2.14 bits per heavy atom. The highest BCUT2D eigenvalue weighted by molar-refractivity contribution is 6.52. The van der Waals surface area contributed by atoms with Crippen LogP contribution in [0.4, 0.5) is 0 Å². The molecular weight excluding hydrogens is 171 g/mol. The fourth-order valence-electron chi connectivity index (χ4n) is 3.27. The van der Waals surface area contributed by atoms with Crippen LogP contribution in [0.1, 0.15) is 46.5 Å². The molecule has 0 radical (unpaired) electrons. The van der Waals surface area contributed by atoms with Crippen LogP contribution < -0.4 is 0 Å². The van der Waals surface area contributed by atoms with E-state index in [1.54, 1.807) is 0 Å². The van der Waals surface area contributed by atoms with Gasteiger partial charge >= 0.3 is 0 Å². The molecule has 2 bridgehead atoms. The first-order chi connectivity index (χ1) is 6.53. The maximum absolute atomic E-state index is 6.12. The van der Waals surface area contributed by atoms with Crippen molar-refractivity contribution in [2.75, 3.05) is 0 Å². The third-order valence-electron chi connectivity index (χ3n) is 3.60. The van der Waals surface area contributed by atoms with E-state index in [1.165, 1.54) is 38.3 Å². The second-order valence-electron chi connectivity index (χ2n) is 6.22. The van der Waals surface area contributed by atoms with Gasteiger partial charge in [0, 0.05) is 5.60 Å². The van der Waals surface area contributed by atoms with Gasteiger partial charge in [-0.05, 0) is 51.7 Å². The van der Waals surface area contributed by atoms with Gasteiger partial charge in [-0.2, -0.15) is 0 Å². The summed E-state index contributed by atoms with van der Waals surface area (Å²) < 4.78 is 6.12. The van der Waals surface area contributed by atoms with Crippen LogP contribution in [0.3, 0.4) is 0 Å². The maximum atomic E-state index is 6.12. The first kappa shape index (κ1) is 10.5. The van der Waals surface area contributed by atoms with Crippen LogP contribution in [-0.2, 0) is 4.65 Å². The quantitative estimate of drug-likeness (QED) is 0.579. The lowest BCUT2D eigenvalue weighted by Gasteiger charge is -2.39. The standard InChI is InChI=1S/C12H23BO/c1-12(2,3)14-13-8-10-5-4-6-11(7-10)9-13/h10-11H,4-9H2,1-3H3. The van der Waals surface area contributed by atoms with Crippen molar-refractivity contribution < 1.29 is 4.65 Å². The lowest BCUT2D eigenvalue weighted by molar-refractivity contribution is 0.115. The summed E-state index contributed by atoms with van der Waals surface area (Å²) in [7, 11) is 0. The highest BCUT2D eigenvalue weighted by Gasteiger charge is 2.36. The molecule has 2 fully saturated rings. The SMILES string of the molecule is CC(C)(C)OB1CC2CCCC(C1)C2. The van der Waals surface area contributed by atoms with Crippen LogP contribution in [0, 0.1) is 11.8 Å². The Morgan fingerprint density at radius 1 is 1.07 bits per heavy atom. The molecule has 0 N–H and O–H groups in total. The zero-order valence-corrected chi connectivity index (χ0v) is 9.88. The monoisotopic (exact) mass is 194 g/mol. The zero-order chi connectivity index (χ0) is 10.2. The number of hydrogen-bond acceptors (Lipinski definition) is 1. The van der Waals surface area contributed by atoms with E-state index in [4.69, 9.17) is 4.65 Å². The molecule has 1 aliphatic heterocycles. The largest absolute Gasteiger partial charge is 0.432 e. The number of fused-ring (bicyclic) bond motifs is 2. The molecule has 1 heterocycles. The Labute approximate surface area is 88.7 Å². The summed E-state index contributed by atoms with van der Waals surface area (Å²) in [5.74, 6) is 1.96. The normalized spacial score (nSPS) is 33.2. The maximum Gasteiger partial charge on any atom is 0.294 e. The van der Waals surface area contributed by atoms with Gasteiger partial charge in [-0.1, -0.05) is 19.3 Å². The molecule has 80 valence electrons. The van der Waals surface area contributed by atoms with Crippen molar-refractivity contribution in [2.24, 2.45) is 11.8 Å². The van der Waals surface area contributed by atoms with Crippen LogP contribution in [0.5, 0.6) is 0 Å². The molecule has 0 aromatic carbocycles. The van der Waals surface area contributed by atoms with Gasteiger partial charge in [0.2, 0.25) is 0 Å². The summed E-state index contributed by atoms with van der Waals surface area (Å²) in [6, 6.07) is 0. The fraction of sp³-hybridized carbons (Fsp3) is 1.00. The first-order valence-corrected chi connectivity index (χ1v) is 6.21. The van der Waals surface area contributed by atoms with E-state index in [0.29, 0.717) is 6.92 Å². The van der Waals surface area contributed by atoms with Crippen molar-refractivity contribution in [3.8, 4) is 0 Å². The molecule has 2 heteroatoms. The second-order valence-corrected chi connectivity index (χ2v) is 6.22. The average molecular weight is 194 g/mol. The Kier molecular flexibility index (Phi) is 2.92. The minimum Gasteiger partial charge on any atom is -0.432 e. The average Bonchev–Trinajstić information content (AvgIpc) is 1.99. The summed E-state index contributed by atoms with van der Waals surface area (Å²) >= 11 is 0. The molecule has 2 atom stereocenters. The number of rotatable bonds is 1. The third-order valence-corrected chi connectivity index (χ3v) is 3.60. The van der Waals surface area contributed by atoms with Gasteiger partial charge in [-0.3, -0.25) is 0 Å². The van der Waals surface area contributed by atoms with Crippen LogP contribution >= 0.6 is 0 Å². The molecule has 1 saturated heterocycles. The van der Waals surface area contributed by atoms with Crippen molar-refractivity contribution >= 4 is 6.92 Å². The second kappa shape index (κ2) is 3.88. The molecule has 0 aromatic heterocycles. The van der Waals surface area contributed by atoms with E-state index in [1.807, 2.05) is 0 Å². The van der Waals surface area contributed by atoms with E-state index in [9.17, 15) is 0 Å². The zero-order valence-electron chi connectivity index (χ0n) is 9.88. The minimum absolute atomic E-state index is 0.0519. The van der Waals surface area contributed by atoms with Crippen LogP contribution in [0.25, 0.3) is 0 Å². The molecule has 0 spiro atoms. The highest BCUT2D eigenvalue weighted by atomic mass is 16.5. The van der Waals surface area contributed by atoms with E-state index < -0.39 is 0 Å². The summed E-state index contributed by atoms with van der Waals surface area (Å²) in [5, 5.41) is 0. The molecular formula is C12H23BO. The molecule has 0 amide bonds. The summed E-state index contributed by atoms with van der Waals surface area (Å²) in [5.41, 5.74) is 0.0519. The smallest absolute Gasteiger partial charge is 0.294 e. The molecule has 1 nitrogen and oxygen atoms in total.